The van der Waals surface area contributed by atoms with Gasteiger partial charge in [0.2, 0.25) is 10.0 Å². The van der Waals surface area contributed by atoms with Crippen molar-refractivity contribution in [1.29, 1.82) is 0 Å². The van der Waals surface area contributed by atoms with Crippen molar-refractivity contribution >= 4 is 15.9 Å². The highest BCUT2D eigenvalue weighted by molar-refractivity contribution is 7.88. The van der Waals surface area contributed by atoms with E-state index in [2.05, 4.69) is 4.72 Å². The lowest BCUT2D eigenvalue weighted by Gasteiger charge is -2.49. The Bertz CT molecular complexity index is 1070. The van der Waals surface area contributed by atoms with Gasteiger partial charge < -0.3 is 9.64 Å². The van der Waals surface area contributed by atoms with Crippen LogP contribution in [0.3, 0.4) is 0 Å². The number of piperidine rings is 1. The van der Waals surface area contributed by atoms with Gasteiger partial charge in [0.1, 0.15) is 11.9 Å². The number of benzene rings is 2. The smallest absolute Gasteiger partial charge is 0.252 e. The van der Waals surface area contributed by atoms with Gasteiger partial charge in [-0.05, 0) is 55.0 Å². The molecule has 2 heterocycles. The fraction of sp³-hybridized carbons (Fsp3) is 0.435. The molecule has 2 aromatic rings. The highest BCUT2D eigenvalue weighted by atomic mass is 32.2. The molecule has 2 aromatic carbocycles. The Hall–Kier alpha value is -2.29. The standard InChI is InChI=1S/C23H27FN2O4S/c1-15-23(27)26-20(14-30-15)9-10-21(25-31(2,28)29)22(26)12-16-5-3-6-17(11-16)18-7-4-8-19(24)13-18/h3-8,11,13,15,20-22,25H,9-10,12,14H2,1-2H3/t15-,20+,21+,22+/m1/s1. The van der Waals surface area contributed by atoms with Crippen LogP contribution in [0.15, 0.2) is 48.5 Å². The van der Waals surface area contributed by atoms with E-state index in [4.69, 9.17) is 4.74 Å². The number of fused-ring (bicyclic) bond motifs is 1. The maximum atomic E-state index is 13.7. The summed E-state index contributed by atoms with van der Waals surface area (Å²) in [7, 11) is -3.43. The minimum absolute atomic E-state index is 0.0577. The molecule has 0 saturated carbocycles. The van der Waals surface area contributed by atoms with E-state index < -0.39 is 16.1 Å². The van der Waals surface area contributed by atoms with Gasteiger partial charge in [-0.2, -0.15) is 0 Å². The fourth-order valence-electron chi connectivity index (χ4n) is 4.65. The predicted molar refractivity (Wildman–Crippen MR) is 116 cm³/mol. The first-order valence-corrected chi connectivity index (χ1v) is 12.4. The SMILES string of the molecule is C[C@H]1OC[C@@H]2CC[C@H](NS(C)(=O)=O)[C@H](Cc3cccc(-c4cccc(F)c4)c3)N2C1=O. The molecule has 2 saturated heterocycles. The zero-order chi connectivity index (χ0) is 22.2. The molecule has 0 aromatic heterocycles. The summed E-state index contributed by atoms with van der Waals surface area (Å²) in [5.74, 6) is -0.411. The molecule has 4 atom stereocenters. The third-order valence-electron chi connectivity index (χ3n) is 6.06. The lowest BCUT2D eigenvalue weighted by molar-refractivity contribution is -0.166. The van der Waals surface area contributed by atoms with Crippen LogP contribution >= 0.6 is 0 Å². The van der Waals surface area contributed by atoms with Crippen molar-refractivity contribution in [2.45, 2.75) is 50.4 Å². The number of rotatable bonds is 5. The van der Waals surface area contributed by atoms with Gasteiger partial charge >= 0.3 is 0 Å². The molecule has 6 nitrogen and oxygen atoms in total. The van der Waals surface area contributed by atoms with Gasteiger partial charge in [0, 0.05) is 6.04 Å². The predicted octanol–water partition coefficient (Wildman–Crippen LogP) is 2.73. The van der Waals surface area contributed by atoms with Gasteiger partial charge in [-0.25, -0.2) is 17.5 Å². The molecule has 4 rings (SSSR count). The number of morpholine rings is 1. The summed E-state index contributed by atoms with van der Waals surface area (Å²) in [6.45, 7) is 2.19. The van der Waals surface area contributed by atoms with E-state index in [1.165, 1.54) is 12.1 Å². The van der Waals surface area contributed by atoms with Crippen LogP contribution in [-0.4, -0.2) is 56.3 Å². The normalized spacial score (nSPS) is 26.5. The maximum Gasteiger partial charge on any atom is 0.252 e. The molecule has 1 amide bonds. The quantitative estimate of drug-likeness (QED) is 0.766. The topological polar surface area (TPSA) is 75.7 Å². The Morgan fingerprint density at radius 1 is 1.13 bits per heavy atom. The summed E-state index contributed by atoms with van der Waals surface area (Å²) in [5, 5.41) is 0. The average Bonchev–Trinajstić information content (AvgIpc) is 2.71. The first-order chi connectivity index (χ1) is 14.7. The van der Waals surface area contributed by atoms with Gasteiger partial charge in [-0.15, -0.1) is 0 Å². The Balaban J connectivity index is 1.66. The molecule has 1 N–H and O–H groups in total. The molecule has 8 heteroatoms. The van der Waals surface area contributed by atoms with Crippen molar-refractivity contribution in [2.24, 2.45) is 0 Å². The molecule has 0 aliphatic carbocycles. The molecule has 2 fully saturated rings. The summed E-state index contributed by atoms with van der Waals surface area (Å²) < 4.78 is 46.0. The molecule has 31 heavy (non-hydrogen) atoms. The van der Waals surface area contributed by atoms with Crippen LogP contribution in [0.2, 0.25) is 0 Å². The van der Waals surface area contributed by atoms with Gasteiger partial charge in [0.05, 0.1) is 24.9 Å². The number of ether oxygens (including phenoxy) is 1. The van der Waals surface area contributed by atoms with E-state index in [-0.39, 0.29) is 29.8 Å². The Labute approximate surface area is 182 Å². The van der Waals surface area contributed by atoms with Crippen LogP contribution in [0.5, 0.6) is 0 Å². The second-order valence-corrected chi connectivity index (χ2v) is 10.2. The number of hydrogen-bond donors (Lipinski definition) is 1. The van der Waals surface area contributed by atoms with Crippen LogP contribution in [0.4, 0.5) is 4.39 Å². The summed E-state index contributed by atoms with van der Waals surface area (Å²) in [4.78, 5) is 14.8. The monoisotopic (exact) mass is 446 g/mol. The lowest BCUT2D eigenvalue weighted by Crippen LogP contribution is -2.66. The van der Waals surface area contributed by atoms with E-state index in [0.717, 1.165) is 22.9 Å². The highest BCUT2D eigenvalue weighted by Crippen LogP contribution is 2.31. The first-order valence-electron chi connectivity index (χ1n) is 10.5. The zero-order valence-electron chi connectivity index (χ0n) is 17.6. The molecule has 0 spiro atoms. The number of nitrogens with one attached hydrogen (secondary N) is 1. The van der Waals surface area contributed by atoms with Crippen LogP contribution < -0.4 is 4.72 Å². The second-order valence-electron chi connectivity index (χ2n) is 8.43. The van der Waals surface area contributed by atoms with Crippen LogP contribution in [0.1, 0.15) is 25.3 Å². The third-order valence-corrected chi connectivity index (χ3v) is 6.79. The molecule has 2 aliphatic heterocycles. The van der Waals surface area contributed by atoms with Crippen molar-refractivity contribution in [3.05, 3.63) is 59.9 Å². The average molecular weight is 447 g/mol. The number of halogens is 1. The van der Waals surface area contributed by atoms with Gasteiger partial charge in [0.15, 0.2) is 0 Å². The van der Waals surface area contributed by atoms with Gasteiger partial charge in [-0.3, -0.25) is 4.79 Å². The fourth-order valence-corrected chi connectivity index (χ4v) is 5.48. The Morgan fingerprint density at radius 3 is 2.55 bits per heavy atom. The minimum Gasteiger partial charge on any atom is -0.367 e. The highest BCUT2D eigenvalue weighted by Gasteiger charge is 2.45. The second kappa shape index (κ2) is 8.68. The summed E-state index contributed by atoms with van der Waals surface area (Å²) in [5.41, 5.74) is 2.60. The number of carbonyl (C=O) groups is 1. The van der Waals surface area contributed by atoms with Crippen molar-refractivity contribution < 1.29 is 22.3 Å². The number of amides is 1. The number of nitrogens with zero attached hydrogens (tertiary/aromatic N) is 1. The first kappa shape index (κ1) is 21.9. The van der Waals surface area contributed by atoms with E-state index in [1.54, 1.807) is 13.0 Å². The van der Waals surface area contributed by atoms with Crippen molar-refractivity contribution in [3.63, 3.8) is 0 Å². The van der Waals surface area contributed by atoms with Crippen molar-refractivity contribution in [3.8, 4) is 11.1 Å². The van der Waals surface area contributed by atoms with Crippen molar-refractivity contribution in [2.75, 3.05) is 12.9 Å². The molecular formula is C23H27FN2O4S. The van der Waals surface area contributed by atoms with Crippen molar-refractivity contribution in [1.82, 2.24) is 9.62 Å². The third kappa shape index (κ3) is 4.97. The van der Waals surface area contributed by atoms with E-state index >= 15 is 0 Å². The summed E-state index contributed by atoms with van der Waals surface area (Å²) in [6, 6.07) is 13.4. The lowest BCUT2D eigenvalue weighted by atomic mass is 9.86. The minimum atomic E-state index is -3.43. The molecular weight excluding hydrogens is 419 g/mol. The van der Waals surface area contributed by atoms with Crippen LogP contribution in [0, 0.1) is 5.82 Å². The van der Waals surface area contributed by atoms with E-state index in [9.17, 15) is 17.6 Å². The van der Waals surface area contributed by atoms with Gasteiger partial charge in [0.25, 0.3) is 5.91 Å². The summed E-state index contributed by atoms with van der Waals surface area (Å²) in [6.07, 6.45) is 2.41. The van der Waals surface area contributed by atoms with E-state index in [0.29, 0.717) is 25.9 Å². The molecule has 2 aliphatic rings. The number of sulfonamides is 1. The number of carbonyl (C=O) groups excluding carboxylic acids is 1. The van der Waals surface area contributed by atoms with Crippen LogP contribution in [-0.2, 0) is 26.0 Å². The molecule has 0 bridgehead atoms. The molecule has 0 radical (unpaired) electrons. The summed E-state index contributed by atoms with van der Waals surface area (Å²) >= 11 is 0. The molecule has 166 valence electrons. The van der Waals surface area contributed by atoms with E-state index in [1.807, 2.05) is 35.2 Å². The largest absolute Gasteiger partial charge is 0.367 e. The Kier molecular flexibility index (Phi) is 6.14. The Morgan fingerprint density at radius 2 is 1.84 bits per heavy atom. The molecule has 0 unspecified atom stereocenters. The number of hydrogen-bond acceptors (Lipinski definition) is 4. The van der Waals surface area contributed by atoms with Gasteiger partial charge in [-0.1, -0.05) is 36.4 Å². The van der Waals surface area contributed by atoms with Crippen LogP contribution in [0.25, 0.3) is 11.1 Å². The zero-order valence-corrected chi connectivity index (χ0v) is 18.4. The maximum absolute atomic E-state index is 13.7.